The lowest BCUT2D eigenvalue weighted by molar-refractivity contribution is -0.0547. The highest BCUT2D eigenvalue weighted by Gasteiger charge is 2.51. The van der Waals surface area contributed by atoms with Gasteiger partial charge in [0, 0.05) is 19.7 Å². The number of ether oxygens (including phenoxy) is 1. The number of nitrogens with zero attached hydrogens (tertiary/aromatic N) is 1. The molecule has 0 radical (unpaired) electrons. The molecule has 1 aliphatic rings. The molecule has 1 heterocycles. The first-order valence-electron chi connectivity index (χ1n) is 6.61. The number of likely N-dealkylation sites (N-methyl/N-ethyl adjacent to an activating group) is 1. The zero-order valence-corrected chi connectivity index (χ0v) is 11.6. The van der Waals surface area contributed by atoms with Gasteiger partial charge in [-0.25, -0.2) is 0 Å². The van der Waals surface area contributed by atoms with Crippen LogP contribution in [-0.2, 0) is 11.3 Å². The van der Waals surface area contributed by atoms with Crippen LogP contribution in [0.2, 0.25) is 0 Å². The van der Waals surface area contributed by atoms with E-state index in [1.54, 1.807) is 0 Å². The summed E-state index contributed by atoms with van der Waals surface area (Å²) >= 11 is 0. The Bertz CT molecular complexity index is 391. The van der Waals surface area contributed by atoms with E-state index >= 15 is 0 Å². The Kier molecular flexibility index (Phi) is 3.76. The van der Waals surface area contributed by atoms with Crippen LogP contribution >= 0.6 is 0 Å². The highest BCUT2D eigenvalue weighted by molar-refractivity contribution is 5.16. The zero-order chi connectivity index (χ0) is 13.2. The van der Waals surface area contributed by atoms with Crippen LogP contribution in [0.1, 0.15) is 25.8 Å². The standard InChI is InChI=1S/C15H24N2O/c1-14(2)15(12-16,9-10-18-14)17(3)11-13-7-5-4-6-8-13/h4-8H,9-12,16H2,1-3H3. The third kappa shape index (κ3) is 2.18. The highest BCUT2D eigenvalue weighted by atomic mass is 16.5. The largest absolute Gasteiger partial charge is 0.374 e. The predicted molar refractivity (Wildman–Crippen MR) is 74.3 cm³/mol. The number of nitrogens with two attached hydrogens (primary N) is 1. The lowest BCUT2D eigenvalue weighted by Gasteiger charge is -2.46. The van der Waals surface area contributed by atoms with Crippen LogP contribution in [-0.4, -0.2) is 36.2 Å². The summed E-state index contributed by atoms with van der Waals surface area (Å²) in [5.74, 6) is 0. The van der Waals surface area contributed by atoms with E-state index in [-0.39, 0.29) is 11.1 Å². The summed E-state index contributed by atoms with van der Waals surface area (Å²) in [6, 6.07) is 10.5. The number of hydrogen-bond acceptors (Lipinski definition) is 3. The third-order valence-corrected chi connectivity index (χ3v) is 4.43. The van der Waals surface area contributed by atoms with Crippen LogP contribution < -0.4 is 5.73 Å². The molecule has 1 aromatic rings. The van der Waals surface area contributed by atoms with Gasteiger partial charge in [-0.3, -0.25) is 4.90 Å². The second-order valence-electron chi connectivity index (χ2n) is 5.69. The fourth-order valence-electron chi connectivity index (χ4n) is 3.07. The van der Waals surface area contributed by atoms with Crippen molar-refractivity contribution in [2.24, 2.45) is 5.73 Å². The molecule has 2 rings (SSSR count). The minimum Gasteiger partial charge on any atom is -0.374 e. The number of rotatable bonds is 4. The molecule has 0 bridgehead atoms. The summed E-state index contributed by atoms with van der Waals surface area (Å²) in [6.45, 7) is 6.63. The maximum absolute atomic E-state index is 6.08. The quantitative estimate of drug-likeness (QED) is 0.886. The van der Waals surface area contributed by atoms with Gasteiger partial charge in [0.05, 0.1) is 11.1 Å². The maximum atomic E-state index is 6.08. The van der Waals surface area contributed by atoms with E-state index in [4.69, 9.17) is 10.5 Å². The molecule has 0 saturated carbocycles. The minimum absolute atomic E-state index is 0.0666. The van der Waals surface area contributed by atoms with Crippen molar-refractivity contribution in [2.75, 3.05) is 20.2 Å². The van der Waals surface area contributed by atoms with Crippen molar-refractivity contribution in [1.29, 1.82) is 0 Å². The molecular weight excluding hydrogens is 224 g/mol. The first-order chi connectivity index (χ1) is 8.52. The average Bonchev–Trinajstić information content (AvgIpc) is 2.66. The first-order valence-corrected chi connectivity index (χ1v) is 6.61. The molecule has 0 aliphatic carbocycles. The van der Waals surface area contributed by atoms with E-state index in [0.717, 1.165) is 19.6 Å². The molecule has 1 atom stereocenters. The SMILES string of the molecule is CN(Cc1ccccc1)C1(CN)CCOC1(C)C. The van der Waals surface area contributed by atoms with E-state index in [1.807, 2.05) is 6.07 Å². The Morgan fingerprint density at radius 3 is 2.44 bits per heavy atom. The molecule has 100 valence electrons. The Balaban J connectivity index is 2.18. The molecule has 3 heteroatoms. The van der Waals surface area contributed by atoms with Gasteiger partial charge < -0.3 is 10.5 Å². The van der Waals surface area contributed by atoms with Gasteiger partial charge in [-0.15, -0.1) is 0 Å². The van der Waals surface area contributed by atoms with Gasteiger partial charge in [-0.05, 0) is 32.9 Å². The van der Waals surface area contributed by atoms with Crippen LogP contribution in [0.5, 0.6) is 0 Å². The van der Waals surface area contributed by atoms with Crippen molar-refractivity contribution in [3.8, 4) is 0 Å². The molecule has 3 nitrogen and oxygen atoms in total. The summed E-state index contributed by atoms with van der Waals surface area (Å²) < 4.78 is 5.88. The summed E-state index contributed by atoms with van der Waals surface area (Å²) in [4.78, 5) is 2.36. The fourth-order valence-corrected chi connectivity index (χ4v) is 3.07. The number of hydrogen-bond donors (Lipinski definition) is 1. The van der Waals surface area contributed by atoms with Crippen LogP contribution in [0.25, 0.3) is 0 Å². The van der Waals surface area contributed by atoms with Crippen LogP contribution in [0.3, 0.4) is 0 Å². The zero-order valence-electron chi connectivity index (χ0n) is 11.6. The molecule has 1 unspecified atom stereocenters. The molecule has 1 aromatic carbocycles. The monoisotopic (exact) mass is 248 g/mol. The normalized spacial score (nSPS) is 26.7. The third-order valence-electron chi connectivity index (χ3n) is 4.43. The molecule has 0 aromatic heterocycles. The van der Waals surface area contributed by atoms with Crippen molar-refractivity contribution in [1.82, 2.24) is 4.90 Å². The van der Waals surface area contributed by atoms with Gasteiger partial charge in [0.25, 0.3) is 0 Å². The molecule has 0 spiro atoms. The Morgan fingerprint density at radius 1 is 1.28 bits per heavy atom. The molecule has 1 fully saturated rings. The van der Waals surface area contributed by atoms with Gasteiger partial charge >= 0.3 is 0 Å². The van der Waals surface area contributed by atoms with Gasteiger partial charge in [0.15, 0.2) is 0 Å². The van der Waals surface area contributed by atoms with Crippen LogP contribution in [0.15, 0.2) is 30.3 Å². The summed E-state index contributed by atoms with van der Waals surface area (Å²) in [5, 5.41) is 0. The first kappa shape index (κ1) is 13.5. The van der Waals surface area contributed by atoms with Gasteiger partial charge in [0.2, 0.25) is 0 Å². The van der Waals surface area contributed by atoms with Crippen LogP contribution in [0.4, 0.5) is 0 Å². The Hall–Kier alpha value is -0.900. The maximum Gasteiger partial charge on any atom is 0.0822 e. The van der Waals surface area contributed by atoms with Crippen molar-refractivity contribution in [3.05, 3.63) is 35.9 Å². The molecule has 0 amide bonds. The van der Waals surface area contributed by atoms with Gasteiger partial charge in [0.1, 0.15) is 0 Å². The molecular formula is C15H24N2O. The summed E-state index contributed by atoms with van der Waals surface area (Å²) in [7, 11) is 2.15. The molecule has 1 saturated heterocycles. The fraction of sp³-hybridized carbons (Fsp3) is 0.600. The molecule has 1 aliphatic heterocycles. The lowest BCUT2D eigenvalue weighted by Crippen LogP contribution is -2.61. The van der Waals surface area contributed by atoms with Crippen molar-refractivity contribution in [3.63, 3.8) is 0 Å². The molecule has 18 heavy (non-hydrogen) atoms. The lowest BCUT2D eigenvalue weighted by atomic mass is 9.80. The Morgan fingerprint density at radius 2 is 1.94 bits per heavy atom. The van der Waals surface area contributed by atoms with E-state index in [9.17, 15) is 0 Å². The van der Waals surface area contributed by atoms with E-state index in [2.05, 4.69) is 50.1 Å². The van der Waals surface area contributed by atoms with Crippen LogP contribution in [0, 0.1) is 0 Å². The smallest absolute Gasteiger partial charge is 0.0822 e. The average molecular weight is 248 g/mol. The summed E-state index contributed by atoms with van der Waals surface area (Å²) in [5.41, 5.74) is 7.14. The second kappa shape index (κ2) is 5.00. The predicted octanol–water partition coefficient (Wildman–Crippen LogP) is 2.01. The van der Waals surface area contributed by atoms with Crippen molar-refractivity contribution < 1.29 is 4.74 Å². The molecule has 2 N–H and O–H groups in total. The highest BCUT2D eigenvalue weighted by Crippen LogP contribution is 2.39. The summed E-state index contributed by atoms with van der Waals surface area (Å²) in [6.07, 6.45) is 1.000. The van der Waals surface area contributed by atoms with Gasteiger partial charge in [-0.1, -0.05) is 30.3 Å². The van der Waals surface area contributed by atoms with E-state index in [1.165, 1.54) is 5.56 Å². The number of benzene rings is 1. The van der Waals surface area contributed by atoms with E-state index < -0.39 is 0 Å². The minimum atomic E-state index is -0.189. The van der Waals surface area contributed by atoms with Crippen molar-refractivity contribution >= 4 is 0 Å². The Labute approximate surface area is 110 Å². The second-order valence-corrected chi connectivity index (χ2v) is 5.69. The van der Waals surface area contributed by atoms with E-state index in [0.29, 0.717) is 6.54 Å². The van der Waals surface area contributed by atoms with Gasteiger partial charge in [-0.2, -0.15) is 0 Å². The topological polar surface area (TPSA) is 38.5 Å². The van der Waals surface area contributed by atoms with Crippen molar-refractivity contribution in [2.45, 2.75) is 38.0 Å².